The minimum Gasteiger partial charge on any atom is -0.370 e. The standard InChI is InChI=1S/C28H41N9O/c1-18(29)10-13-36-14-11-20(16-36)25-15-21-17-37(28(38)35-26(21)34-25)23-7-5-19(6-8-23)24-4-2-3-22(33-24)9-12-32-27(30)31/h5-8,15,17-18,20,22,24,33H,2-4,9-14,16,29H2,1H3,(H4,30,31,32)(H,34,35,38)/t18-,20?,22-,24-/m0/s1. The fraction of sp³-hybridized carbons (Fsp3) is 0.536. The third kappa shape index (κ3) is 6.25. The molecule has 0 bridgehead atoms. The molecule has 38 heavy (non-hydrogen) atoms. The van der Waals surface area contributed by atoms with Crippen molar-refractivity contribution in [1.29, 1.82) is 5.41 Å². The van der Waals surface area contributed by atoms with Gasteiger partial charge in [0.2, 0.25) is 0 Å². The smallest absolute Gasteiger partial charge is 0.354 e. The average molecular weight is 520 g/mol. The van der Waals surface area contributed by atoms with Crippen LogP contribution in [0.2, 0.25) is 0 Å². The van der Waals surface area contributed by atoms with Crippen molar-refractivity contribution < 1.29 is 0 Å². The number of nitrogens with one attached hydrogen (secondary N) is 4. The molecule has 0 spiro atoms. The van der Waals surface area contributed by atoms with Crippen molar-refractivity contribution in [2.24, 2.45) is 11.5 Å². The van der Waals surface area contributed by atoms with Crippen molar-refractivity contribution in [1.82, 2.24) is 30.1 Å². The zero-order valence-electron chi connectivity index (χ0n) is 22.2. The topological polar surface area (TPSA) is 154 Å². The molecule has 10 heteroatoms. The van der Waals surface area contributed by atoms with Gasteiger partial charge in [-0.25, -0.2) is 4.79 Å². The molecule has 2 aromatic heterocycles. The van der Waals surface area contributed by atoms with Gasteiger partial charge in [-0.2, -0.15) is 4.98 Å². The summed E-state index contributed by atoms with van der Waals surface area (Å²) >= 11 is 0. The first kappa shape index (κ1) is 26.4. The van der Waals surface area contributed by atoms with E-state index in [1.54, 1.807) is 4.57 Å². The van der Waals surface area contributed by atoms with E-state index in [0.29, 0.717) is 24.2 Å². The van der Waals surface area contributed by atoms with Crippen LogP contribution in [-0.2, 0) is 0 Å². The summed E-state index contributed by atoms with van der Waals surface area (Å²) in [5.74, 6) is 0.440. The lowest BCUT2D eigenvalue weighted by molar-refractivity contribution is 0.312. The van der Waals surface area contributed by atoms with Crippen LogP contribution >= 0.6 is 0 Å². The van der Waals surface area contributed by atoms with Gasteiger partial charge in [0.25, 0.3) is 0 Å². The van der Waals surface area contributed by atoms with Gasteiger partial charge in [-0.3, -0.25) is 9.98 Å². The Morgan fingerprint density at radius 2 is 2.08 bits per heavy atom. The highest BCUT2D eigenvalue weighted by Crippen LogP contribution is 2.29. The molecule has 8 N–H and O–H groups in total. The molecule has 4 heterocycles. The highest BCUT2D eigenvalue weighted by atomic mass is 16.1. The maximum atomic E-state index is 12.9. The molecule has 2 aliphatic heterocycles. The average Bonchev–Trinajstić information content (AvgIpc) is 3.54. The molecular weight excluding hydrogens is 478 g/mol. The summed E-state index contributed by atoms with van der Waals surface area (Å²) in [5, 5.41) is 14.9. The van der Waals surface area contributed by atoms with Crippen LogP contribution in [0, 0.1) is 5.41 Å². The number of hydrogen-bond donors (Lipinski definition) is 6. The van der Waals surface area contributed by atoms with Crippen molar-refractivity contribution in [3.63, 3.8) is 0 Å². The molecule has 0 amide bonds. The zero-order chi connectivity index (χ0) is 26.6. The number of fused-ring (bicyclic) bond motifs is 1. The fourth-order valence-corrected chi connectivity index (χ4v) is 5.85. The van der Waals surface area contributed by atoms with Crippen molar-refractivity contribution >= 4 is 17.0 Å². The molecule has 2 aliphatic rings. The largest absolute Gasteiger partial charge is 0.370 e. The lowest BCUT2D eigenvalue weighted by Gasteiger charge is -2.31. The van der Waals surface area contributed by atoms with Crippen LogP contribution in [0.25, 0.3) is 16.7 Å². The Balaban J connectivity index is 1.26. The second-order valence-electron chi connectivity index (χ2n) is 11.0. The number of hydrogen-bond acceptors (Lipinski definition) is 6. The van der Waals surface area contributed by atoms with E-state index >= 15 is 0 Å². The SMILES string of the molecule is C[C@H](N)CCN1CCC(c2cc3cn(-c4ccc([C@@H]5CCC[C@@H](CCNC(=N)N)N5)cc4)c(=O)nc3[nH]2)C1. The maximum Gasteiger partial charge on any atom is 0.354 e. The Morgan fingerprint density at radius 1 is 1.26 bits per heavy atom. The van der Waals surface area contributed by atoms with Gasteiger partial charge in [-0.05, 0) is 75.9 Å². The number of rotatable bonds is 9. The lowest BCUT2D eigenvalue weighted by atomic mass is 9.92. The van der Waals surface area contributed by atoms with Crippen LogP contribution in [-0.4, -0.2) is 63.7 Å². The Morgan fingerprint density at radius 3 is 2.84 bits per heavy atom. The number of H-pyrrole nitrogens is 1. The molecular formula is C28H41N9O. The van der Waals surface area contributed by atoms with E-state index in [-0.39, 0.29) is 23.7 Å². The van der Waals surface area contributed by atoms with E-state index < -0.39 is 0 Å². The summed E-state index contributed by atoms with van der Waals surface area (Å²) < 4.78 is 1.64. The second-order valence-corrected chi connectivity index (χ2v) is 11.0. The van der Waals surface area contributed by atoms with Gasteiger partial charge in [0.15, 0.2) is 5.96 Å². The number of aromatic amines is 1. The highest BCUT2D eigenvalue weighted by Gasteiger charge is 2.26. The van der Waals surface area contributed by atoms with Crippen molar-refractivity contribution in [2.75, 3.05) is 26.2 Å². The van der Waals surface area contributed by atoms with Gasteiger partial charge in [0, 0.05) is 54.4 Å². The molecule has 0 saturated carbocycles. The summed E-state index contributed by atoms with van der Waals surface area (Å²) in [5.41, 5.74) is 14.9. The number of nitrogens with two attached hydrogens (primary N) is 2. The zero-order valence-corrected chi connectivity index (χ0v) is 22.2. The first-order valence-corrected chi connectivity index (χ1v) is 13.9. The van der Waals surface area contributed by atoms with Crippen LogP contribution in [0.15, 0.2) is 41.3 Å². The Hall–Kier alpha value is -3.21. The summed E-state index contributed by atoms with van der Waals surface area (Å²) in [7, 11) is 0. The molecule has 5 rings (SSSR count). The number of benzene rings is 1. The van der Waals surface area contributed by atoms with E-state index in [4.69, 9.17) is 16.9 Å². The number of guanidine groups is 1. The summed E-state index contributed by atoms with van der Waals surface area (Å²) in [6, 6.07) is 11.3. The predicted octanol–water partition coefficient (Wildman–Crippen LogP) is 2.30. The molecule has 2 saturated heterocycles. The van der Waals surface area contributed by atoms with Crippen LogP contribution in [0.5, 0.6) is 0 Å². The molecule has 10 nitrogen and oxygen atoms in total. The Kier molecular flexibility index (Phi) is 8.11. The fourth-order valence-electron chi connectivity index (χ4n) is 5.85. The van der Waals surface area contributed by atoms with E-state index in [1.807, 2.05) is 18.3 Å². The van der Waals surface area contributed by atoms with E-state index in [2.05, 4.69) is 50.6 Å². The summed E-state index contributed by atoms with van der Waals surface area (Å²) in [4.78, 5) is 23.2. The predicted molar refractivity (Wildman–Crippen MR) is 152 cm³/mol. The molecule has 0 radical (unpaired) electrons. The van der Waals surface area contributed by atoms with Gasteiger partial charge in [-0.15, -0.1) is 0 Å². The number of piperidine rings is 1. The number of aromatic nitrogens is 3. The van der Waals surface area contributed by atoms with E-state index in [1.165, 1.54) is 5.56 Å². The van der Waals surface area contributed by atoms with Gasteiger partial charge < -0.3 is 32.0 Å². The van der Waals surface area contributed by atoms with Crippen molar-refractivity contribution in [3.8, 4) is 5.69 Å². The van der Waals surface area contributed by atoms with E-state index in [9.17, 15) is 4.79 Å². The van der Waals surface area contributed by atoms with Gasteiger partial charge in [-0.1, -0.05) is 18.6 Å². The monoisotopic (exact) mass is 519 g/mol. The quantitative estimate of drug-likeness (QED) is 0.187. The van der Waals surface area contributed by atoms with Crippen LogP contribution in [0.1, 0.15) is 68.7 Å². The molecule has 1 aromatic carbocycles. The minimum absolute atomic E-state index is 0.0185. The molecule has 204 valence electrons. The van der Waals surface area contributed by atoms with Gasteiger partial charge >= 0.3 is 5.69 Å². The molecule has 0 aliphatic carbocycles. The normalized spacial score (nSPS) is 23.1. The lowest BCUT2D eigenvalue weighted by Crippen LogP contribution is -2.40. The van der Waals surface area contributed by atoms with Crippen LogP contribution < -0.4 is 27.8 Å². The van der Waals surface area contributed by atoms with Crippen molar-refractivity contribution in [2.45, 2.75) is 69.5 Å². The number of likely N-dealkylation sites (tertiary alicyclic amines) is 1. The summed E-state index contributed by atoms with van der Waals surface area (Å²) in [6.45, 7) is 5.87. The maximum absolute atomic E-state index is 12.9. The Labute approximate surface area is 223 Å². The Bertz CT molecular complexity index is 1300. The third-order valence-electron chi connectivity index (χ3n) is 8.01. The molecule has 4 atom stereocenters. The molecule has 1 unspecified atom stereocenters. The third-order valence-corrected chi connectivity index (χ3v) is 8.01. The minimum atomic E-state index is -0.280. The highest BCUT2D eigenvalue weighted by molar-refractivity contribution is 5.76. The van der Waals surface area contributed by atoms with Gasteiger partial charge in [0.1, 0.15) is 5.65 Å². The van der Waals surface area contributed by atoms with E-state index in [0.717, 1.165) is 74.9 Å². The second kappa shape index (κ2) is 11.7. The van der Waals surface area contributed by atoms with Crippen LogP contribution in [0.4, 0.5) is 0 Å². The molecule has 3 aromatic rings. The first-order chi connectivity index (χ1) is 18.4. The van der Waals surface area contributed by atoms with Crippen molar-refractivity contribution in [3.05, 3.63) is 58.3 Å². The number of nitrogens with zero attached hydrogens (tertiary/aromatic N) is 3. The van der Waals surface area contributed by atoms with Crippen LogP contribution in [0.3, 0.4) is 0 Å². The van der Waals surface area contributed by atoms with Gasteiger partial charge in [0.05, 0.1) is 5.69 Å². The molecule has 2 fully saturated rings. The summed E-state index contributed by atoms with van der Waals surface area (Å²) in [6.07, 6.45) is 8.30. The first-order valence-electron chi connectivity index (χ1n) is 13.9.